The molecule has 0 saturated heterocycles. The van der Waals surface area contributed by atoms with Crippen LogP contribution in [0.15, 0.2) is 86.9 Å². The summed E-state index contributed by atoms with van der Waals surface area (Å²) in [5.41, 5.74) is 0.603. The number of nitrogens with one attached hydrogen (secondary N) is 1. The molecular formula is C23H18N2O8S. The van der Waals surface area contributed by atoms with Gasteiger partial charge in [0, 0.05) is 30.1 Å². The van der Waals surface area contributed by atoms with E-state index in [0.29, 0.717) is 16.8 Å². The summed E-state index contributed by atoms with van der Waals surface area (Å²) in [4.78, 5) is 22.4. The number of rotatable bonds is 8. The van der Waals surface area contributed by atoms with Gasteiger partial charge < -0.3 is 18.7 Å². The Labute approximate surface area is 193 Å². The zero-order valence-electron chi connectivity index (χ0n) is 17.8. The first-order chi connectivity index (χ1) is 16.2. The summed E-state index contributed by atoms with van der Waals surface area (Å²) in [6, 6.07) is 17.3. The van der Waals surface area contributed by atoms with Gasteiger partial charge in [-0.3, -0.25) is 10.1 Å². The first-order valence-electron chi connectivity index (χ1n) is 9.89. The van der Waals surface area contributed by atoms with Crippen molar-refractivity contribution >= 4 is 32.5 Å². The van der Waals surface area contributed by atoms with Crippen molar-refractivity contribution in [2.24, 2.45) is 0 Å². The number of methoxy groups -OCH3 is 1. The lowest BCUT2D eigenvalue weighted by Gasteiger charge is -2.10. The second kappa shape index (κ2) is 9.24. The lowest BCUT2D eigenvalue weighted by Crippen LogP contribution is -2.10. The second-order valence-electron chi connectivity index (χ2n) is 7.13. The summed E-state index contributed by atoms with van der Waals surface area (Å²) in [7, 11) is -2.54. The largest absolute Gasteiger partial charge is 0.497 e. The zero-order valence-corrected chi connectivity index (χ0v) is 18.6. The Morgan fingerprint density at radius 2 is 1.65 bits per heavy atom. The van der Waals surface area contributed by atoms with Gasteiger partial charge in [0.15, 0.2) is 0 Å². The molecular weight excluding hydrogens is 464 g/mol. The molecule has 1 heterocycles. The van der Waals surface area contributed by atoms with E-state index in [1.165, 1.54) is 67.8 Å². The number of benzene rings is 3. The van der Waals surface area contributed by atoms with Crippen LogP contribution in [0.5, 0.6) is 11.5 Å². The maximum Gasteiger partial charge on any atom is 0.339 e. The minimum atomic E-state index is -4.02. The highest BCUT2D eigenvalue weighted by Crippen LogP contribution is 2.27. The Morgan fingerprint density at radius 3 is 2.29 bits per heavy atom. The van der Waals surface area contributed by atoms with Crippen molar-refractivity contribution < 1.29 is 26.7 Å². The molecule has 0 radical (unpaired) electrons. The summed E-state index contributed by atoms with van der Waals surface area (Å²) < 4.78 is 40.2. The average molecular weight is 482 g/mol. The highest BCUT2D eigenvalue weighted by atomic mass is 32.2. The Bertz CT molecular complexity index is 1510. The standard InChI is InChI=1S/C23H18N2O8S/c1-31-17-7-9-19(10-8-17)34(29,30)33-18-5-2-15(3-6-18)14-24-21-13-23(26)32-22-11-4-16(25(27)28)12-20(21)22/h2-13,24H,14H2,1H3. The van der Waals surface area contributed by atoms with Crippen molar-refractivity contribution in [3.63, 3.8) is 0 Å². The van der Waals surface area contributed by atoms with Gasteiger partial charge in [0.05, 0.1) is 17.7 Å². The summed E-state index contributed by atoms with van der Waals surface area (Å²) >= 11 is 0. The van der Waals surface area contributed by atoms with Crippen molar-refractivity contribution in [3.05, 3.63) is 98.9 Å². The van der Waals surface area contributed by atoms with Crippen LogP contribution in [0.3, 0.4) is 0 Å². The van der Waals surface area contributed by atoms with E-state index in [2.05, 4.69) is 5.32 Å². The van der Waals surface area contributed by atoms with E-state index in [-0.39, 0.29) is 28.5 Å². The molecule has 10 nitrogen and oxygen atoms in total. The third-order valence-electron chi connectivity index (χ3n) is 4.90. The van der Waals surface area contributed by atoms with Crippen molar-refractivity contribution in [2.45, 2.75) is 11.4 Å². The number of nitro benzene ring substituents is 1. The molecule has 0 aliphatic rings. The fourth-order valence-corrected chi connectivity index (χ4v) is 4.12. The molecule has 3 aromatic carbocycles. The van der Waals surface area contributed by atoms with Crippen LogP contribution in [0, 0.1) is 10.1 Å². The van der Waals surface area contributed by atoms with E-state index >= 15 is 0 Å². The molecule has 4 rings (SSSR count). The number of hydrogen-bond donors (Lipinski definition) is 1. The van der Waals surface area contributed by atoms with Crippen LogP contribution in [0.4, 0.5) is 11.4 Å². The van der Waals surface area contributed by atoms with Crippen LogP contribution >= 0.6 is 0 Å². The first kappa shape index (κ1) is 22.8. The Balaban J connectivity index is 1.49. The molecule has 0 unspecified atom stereocenters. The molecule has 34 heavy (non-hydrogen) atoms. The molecule has 0 spiro atoms. The number of nitro groups is 1. The number of anilines is 1. The summed E-state index contributed by atoms with van der Waals surface area (Å²) in [5, 5.41) is 14.5. The number of fused-ring (bicyclic) bond motifs is 1. The molecule has 0 saturated carbocycles. The predicted molar refractivity (Wildman–Crippen MR) is 124 cm³/mol. The lowest BCUT2D eigenvalue weighted by atomic mass is 10.1. The normalized spacial score (nSPS) is 11.2. The van der Waals surface area contributed by atoms with Crippen molar-refractivity contribution in [1.29, 1.82) is 0 Å². The van der Waals surface area contributed by atoms with Crippen LogP contribution in [0.2, 0.25) is 0 Å². The number of nitrogens with zero attached hydrogens (tertiary/aromatic N) is 1. The maximum atomic E-state index is 12.5. The molecule has 0 aliphatic carbocycles. The minimum Gasteiger partial charge on any atom is -0.497 e. The molecule has 0 amide bonds. The minimum absolute atomic E-state index is 0.0112. The van der Waals surface area contributed by atoms with Crippen LogP contribution in [-0.2, 0) is 16.7 Å². The smallest absolute Gasteiger partial charge is 0.339 e. The van der Waals surface area contributed by atoms with Gasteiger partial charge in [-0.15, -0.1) is 0 Å². The molecule has 0 atom stereocenters. The number of hydrogen-bond acceptors (Lipinski definition) is 9. The van der Waals surface area contributed by atoms with Gasteiger partial charge in [0.2, 0.25) is 0 Å². The third kappa shape index (κ3) is 4.99. The fourth-order valence-electron chi connectivity index (χ4n) is 3.19. The second-order valence-corrected chi connectivity index (χ2v) is 8.67. The number of non-ortho nitro benzene ring substituents is 1. The summed E-state index contributed by atoms with van der Waals surface area (Å²) in [5.74, 6) is 0.648. The van der Waals surface area contributed by atoms with Gasteiger partial charge in [0.25, 0.3) is 5.69 Å². The Morgan fingerprint density at radius 1 is 0.971 bits per heavy atom. The van der Waals surface area contributed by atoms with Crippen molar-refractivity contribution in [3.8, 4) is 11.5 Å². The Kier molecular flexibility index (Phi) is 6.19. The zero-order chi connectivity index (χ0) is 24.3. The van der Waals surface area contributed by atoms with Gasteiger partial charge >= 0.3 is 15.7 Å². The van der Waals surface area contributed by atoms with E-state index in [1.807, 2.05) is 0 Å². The molecule has 0 fully saturated rings. The topological polar surface area (TPSA) is 138 Å². The summed E-state index contributed by atoms with van der Waals surface area (Å²) in [6.45, 7) is 0.257. The monoisotopic (exact) mass is 482 g/mol. The molecule has 1 aromatic heterocycles. The van der Waals surface area contributed by atoms with Gasteiger partial charge in [-0.2, -0.15) is 8.42 Å². The molecule has 4 aromatic rings. The van der Waals surface area contributed by atoms with Crippen molar-refractivity contribution in [2.75, 3.05) is 12.4 Å². The highest BCUT2D eigenvalue weighted by molar-refractivity contribution is 7.87. The average Bonchev–Trinajstić information content (AvgIpc) is 2.82. The molecule has 11 heteroatoms. The molecule has 174 valence electrons. The van der Waals surface area contributed by atoms with Crippen LogP contribution < -0.4 is 19.9 Å². The molecule has 1 N–H and O–H groups in total. The quantitative estimate of drug-likeness (QED) is 0.170. The SMILES string of the molecule is COc1ccc(S(=O)(=O)Oc2ccc(CNc3cc(=O)oc4ccc([N+](=O)[O-])cc34)cc2)cc1. The van der Waals surface area contributed by atoms with Crippen LogP contribution in [-0.4, -0.2) is 20.5 Å². The van der Waals surface area contributed by atoms with Gasteiger partial charge in [-0.25, -0.2) is 4.79 Å². The summed E-state index contributed by atoms with van der Waals surface area (Å²) in [6.07, 6.45) is 0. The number of ether oxygens (including phenoxy) is 1. The third-order valence-corrected chi connectivity index (χ3v) is 6.16. The van der Waals surface area contributed by atoms with Crippen LogP contribution in [0.25, 0.3) is 11.0 Å². The van der Waals surface area contributed by atoms with E-state index in [9.17, 15) is 23.3 Å². The first-order valence-corrected chi connectivity index (χ1v) is 11.3. The van der Waals surface area contributed by atoms with Gasteiger partial charge in [-0.05, 0) is 48.0 Å². The van der Waals surface area contributed by atoms with Crippen molar-refractivity contribution in [1.82, 2.24) is 0 Å². The molecule has 0 bridgehead atoms. The highest BCUT2D eigenvalue weighted by Gasteiger charge is 2.17. The Hall–Kier alpha value is -4.38. The van der Waals surface area contributed by atoms with E-state index in [0.717, 1.165) is 5.56 Å². The van der Waals surface area contributed by atoms with Gasteiger partial charge in [0.1, 0.15) is 22.0 Å². The van der Waals surface area contributed by atoms with E-state index in [1.54, 1.807) is 12.1 Å². The predicted octanol–water partition coefficient (Wildman–Crippen LogP) is 4.09. The van der Waals surface area contributed by atoms with Gasteiger partial charge in [-0.1, -0.05) is 12.1 Å². The lowest BCUT2D eigenvalue weighted by molar-refractivity contribution is -0.384. The maximum absolute atomic E-state index is 12.5. The fraction of sp³-hybridized carbons (Fsp3) is 0.0870. The van der Waals surface area contributed by atoms with E-state index in [4.69, 9.17) is 13.3 Å². The molecule has 0 aliphatic heterocycles. The van der Waals surface area contributed by atoms with E-state index < -0.39 is 20.7 Å². The van der Waals surface area contributed by atoms with Crippen LogP contribution in [0.1, 0.15) is 5.56 Å².